The molecule has 0 aliphatic rings. The zero-order valence-corrected chi connectivity index (χ0v) is 9.21. The van der Waals surface area contributed by atoms with Crippen molar-refractivity contribution in [1.82, 2.24) is 6.15 Å². The summed E-state index contributed by atoms with van der Waals surface area (Å²) in [6.45, 7) is 0. The molecule has 0 spiro atoms. The molecule has 15 nitrogen and oxygen atoms in total. The molecular formula is H16MgN3O12. The van der Waals surface area contributed by atoms with E-state index in [0.717, 1.165) is 0 Å². The van der Waals surface area contributed by atoms with E-state index in [-0.39, 0.29) is 62.1 Å². The van der Waals surface area contributed by atoms with E-state index < -0.39 is 10.2 Å². The first kappa shape index (κ1) is 120. The summed E-state index contributed by atoms with van der Waals surface area (Å²) in [6.07, 6.45) is 0. The number of nitrogens with zero attached hydrogens (tertiary/aromatic N) is 2. The first-order chi connectivity index (χ1) is 3.46. The Morgan fingerprint density at radius 3 is 0.750 bits per heavy atom. The summed E-state index contributed by atoms with van der Waals surface area (Å²) >= 11 is 0. The minimum absolute atomic E-state index is 0. The van der Waals surface area contributed by atoms with Crippen LogP contribution in [0.2, 0.25) is 0 Å². The van der Waals surface area contributed by atoms with Crippen molar-refractivity contribution in [2.45, 2.75) is 0 Å². The van der Waals surface area contributed by atoms with Gasteiger partial charge < -0.3 is 59.5 Å². The van der Waals surface area contributed by atoms with Crippen LogP contribution in [-0.2, 0) is 0 Å². The van der Waals surface area contributed by atoms with Crippen molar-refractivity contribution in [2.24, 2.45) is 0 Å². The molecule has 0 saturated heterocycles. The Morgan fingerprint density at radius 1 is 0.750 bits per heavy atom. The van der Waals surface area contributed by atoms with E-state index in [0.29, 0.717) is 0 Å². The van der Waals surface area contributed by atoms with Crippen molar-refractivity contribution >= 4 is 23.1 Å². The second-order valence-corrected chi connectivity index (χ2v) is 0.461. The smallest absolute Gasteiger partial charge is 0.412 e. The molecule has 0 aliphatic heterocycles. The third-order valence-corrected chi connectivity index (χ3v) is 0. The van der Waals surface area contributed by atoms with E-state index >= 15 is 0 Å². The molecule has 105 valence electrons. The second kappa shape index (κ2) is 96.6. The van der Waals surface area contributed by atoms with E-state index in [1.165, 1.54) is 0 Å². The molecule has 0 aromatic rings. The van der Waals surface area contributed by atoms with Gasteiger partial charge >= 0.3 is 23.1 Å². The predicted octanol–water partition coefficient (Wildman–Crippen LogP) is -5.75. The SMILES string of the molecule is N.O.O.O.O.O.O.O=[N+]([O-])O.O=[N+]([O-])[O-].[Mg+]. The van der Waals surface area contributed by atoms with Gasteiger partial charge in [0.05, 0.1) is 5.09 Å². The van der Waals surface area contributed by atoms with Crippen LogP contribution < -0.4 is 6.15 Å². The van der Waals surface area contributed by atoms with E-state index in [1.54, 1.807) is 0 Å². The van der Waals surface area contributed by atoms with Crippen LogP contribution in [0.1, 0.15) is 0 Å². The number of hydrogen-bond acceptors (Lipinski definition) is 6. The first-order valence-corrected chi connectivity index (χ1v) is 1.11. The third-order valence-electron chi connectivity index (χ3n) is 0. The van der Waals surface area contributed by atoms with Crippen LogP contribution >= 0.6 is 0 Å². The van der Waals surface area contributed by atoms with Crippen molar-refractivity contribution in [2.75, 3.05) is 0 Å². The summed E-state index contributed by atoms with van der Waals surface area (Å²) < 4.78 is 0. The van der Waals surface area contributed by atoms with Gasteiger partial charge in [0.15, 0.2) is 0 Å². The monoisotopic (exact) mass is 274 g/mol. The minimum Gasteiger partial charge on any atom is -0.412 e. The minimum atomic E-state index is -1.75. The summed E-state index contributed by atoms with van der Waals surface area (Å²) in [6, 6.07) is 0. The van der Waals surface area contributed by atoms with Gasteiger partial charge in [-0.15, -0.1) is 10.1 Å². The fourth-order valence-corrected chi connectivity index (χ4v) is 0. The molecule has 0 aliphatic carbocycles. The van der Waals surface area contributed by atoms with Crippen molar-refractivity contribution in [3.8, 4) is 0 Å². The fourth-order valence-electron chi connectivity index (χ4n) is 0. The van der Waals surface area contributed by atoms with Gasteiger partial charge in [-0.25, -0.2) is 0 Å². The Labute approximate surface area is 103 Å². The molecule has 0 aromatic carbocycles. The molecule has 0 heterocycles. The van der Waals surface area contributed by atoms with Crippen LogP contribution in [0.3, 0.4) is 0 Å². The van der Waals surface area contributed by atoms with Crippen LogP contribution in [0.4, 0.5) is 0 Å². The Hall–Kier alpha value is -1.11. The van der Waals surface area contributed by atoms with Crippen LogP contribution in [0, 0.1) is 25.4 Å². The molecule has 1 radical (unpaired) electrons. The van der Waals surface area contributed by atoms with Gasteiger partial charge in [-0.2, -0.15) is 0 Å². The largest absolute Gasteiger partial charge is 1.00 e. The van der Waals surface area contributed by atoms with Crippen molar-refractivity contribution in [3.05, 3.63) is 25.4 Å². The van der Waals surface area contributed by atoms with Crippen molar-refractivity contribution in [3.63, 3.8) is 0 Å². The first-order valence-electron chi connectivity index (χ1n) is 1.11. The molecule has 16 heavy (non-hydrogen) atoms. The standard InChI is InChI=1S/Mg.HNO3.NO3.H3N.6H2O/c;2*2-1(3)4;;;;;;;/h;(H,2,3,4);;1H3;6*1H2/q+1;;-1;;;;;;;. The van der Waals surface area contributed by atoms with Crippen LogP contribution in [0.25, 0.3) is 0 Å². The molecule has 0 atom stereocenters. The van der Waals surface area contributed by atoms with E-state index in [9.17, 15) is 0 Å². The molecule has 16 heteroatoms. The maximum atomic E-state index is 8.36. The number of rotatable bonds is 0. The molecule has 0 fully saturated rings. The average molecular weight is 274 g/mol. The molecule has 0 saturated carbocycles. The zero-order chi connectivity index (χ0) is 7.15. The van der Waals surface area contributed by atoms with Gasteiger partial charge in [0.2, 0.25) is 0 Å². The molecule has 16 N–H and O–H groups in total. The quantitative estimate of drug-likeness (QED) is 0.244. The molecule has 0 amide bonds. The topological polar surface area (TPSA) is 354 Å². The Kier molecular flexibility index (Phi) is 726. The van der Waals surface area contributed by atoms with E-state index in [1.807, 2.05) is 0 Å². The zero-order valence-electron chi connectivity index (χ0n) is 7.80. The summed E-state index contributed by atoms with van der Waals surface area (Å²) in [5.74, 6) is 0. The molecule has 0 bridgehead atoms. The summed E-state index contributed by atoms with van der Waals surface area (Å²) in [7, 11) is 0. The van der Waals surface area contributed by atoms with E-state index in [4.69, 9.17) is 30.6 Å². The Morgan fingerprint density at radius 2 is 0.750 bits per heavy atom. The molecule has 0 unspecified atom stereocenters. The summed E-state index contributed by atoms with van der Waals surface area (Å²) in [5.41, 5.74) is 0. The van der Waals surface area contributed by atoms with Crippen LogP contribution in [0.5, 0.6) is 0 Å². The summed E-state index contributed by atoms with van der Waals surface area (Å²) in [5, 5.41) is 28.4. The van der Waals surface area contributed by atoms with Crippen molar-refractivity contribution in [1.29, 1.82) is 0 Å². The molecule has 0 aromatic heterocycles. The second-order valence-electron chi connectivity index (χ2n) is 0.461. The van der Waals surface area contributed by atoms with Gasteiger partial charge in [0.1, 0.15) is 0 Å². The Bertz CT molecular complexity index is 74.3. The van der Waals surface area contributed by atoms with Gasteiger partial charge in [-0.05, 0) is 0 Å². The third kappa shape index (κ3) is 1470. The van der Waals surface area contributed by atoms with Crippen molar-refractivity contribution < 1.29 is 48.2 Å². The number of hydrogen-bond donors (Lipinski definition) is 2. The van der Waals surface area contributed by atoms with Crippen LogP contribution in [-0.4, -0.2) is 71.3 Å². The predicted molar refractivity (Wildman–Crippen MR) is 51.6 cm³/mol. The maximum Gasteiger partial charge on any atom is 1.00 e. The maximum absolute atomic E-state index is 8.36. The van der Waals surface area contributed by atoms with Gasteiger partial charge in [-0.3, -0.25) is 0 Å². The van der Waals surface area contributed by atoms with Gasteiger partial charge in [-0.1, -0.05) is 0 Å². The van der Waals surface area contributed by atoms with Gasteiger partial charge in [0, 0.05) is 0 Å². The Balaban J connectivity index is -0.00000000375. The van der Waals surface area contributed by atoms with Gasteiger partial charge in [0.25, 0.3) is 5.09 Å². The average Bonchev–Trinajstić information content (AvgIpc) is 1.25. The van der Waals surface area contributed by atoms with E-state index in [2.05, 4.69) is 0 Å². The molecular weight excluding hydrogens is 258 g/mol. The summed E-state index contributed by atoms with van der Waals surface area (Å²) in [4.78, 5) is 16.6. The molecule has 0 rings (SSSR count). The fraction of sp³-hybridized carbons (Fsp3) is 0. The normalized spacial score (nSPS) is 3.00. The van der Waals surface area contributed by atoms with Crippen LogP contribution in [0.15, 0.2) is 0 Å².